The van der Waals surface area contributed by atoms with Crippen LogP contribution in [0.1, 0.15) is 206 Å². The molecule has 0 aromatic carbocycles. The van der Waals surface area contributed by atoms with Gasteiger partial charge in [0.2, 0.25) is 0 Å². The Morgan fingerprint density at radius 2 is 0.964 bits per heavy atom. The van der Waals surface area contributed by atoms with E-state index < -0.39 is 18.1 Å². The minimum Gasteiger partial charge on any atom is -0.544 e. The highest BCUT2D eigenvalue weighted by molar-refractivity contribution is 5.70. The van der Waals surface area contributed by atoms with Crippen LogP contribution in [0.5, 0.6) is 0 Å². The number of quaternary nitrogens is 1. The molecule has 0 radical (unpaired) electrons. The number of carbonyl (C=O) groups excluding carboxylic acids is 3. The third-order valence-electron chi connectivity index (χ3n) is 10.3. The summed E-state index contributed by atoms with van der Waals surface area (Å²) in [6.07, 6.45) is 42.2. The number of allylic oxidation sites excluding steroid dienone is 4. The van der Waals surface area contributed by atoms with Gasteiger partial charge in [-0.15, -0.1) is 0 Å². The molecular formula is C47H87NO7. The maximum absolute atomic E-state index is 12.7. The van der Waals surface area contributed by atoms with Crippen molar-refractivity contribution in [3.05, 3.63) is 24.3 Å². The molecule has 0 aromatic heterocycles. The van der Waals surface area contributed by atoms with Gasteiger partial charge in [-0.05, 0) is 44.9 Å². The molecule has 0 rings (SSSR count). The molecule has 8 heteroatoms. The SMILES string of the molecule is CCCCCCC/C=C\C/C=C\CCCCCCCCCCCCCC(=O)OC(COCCC(C(=O)[O-])[N+](C)(C)C)COC(=O)CCCCCCCCCC. The molecule has 0 N–H and O–H groups in total. The second-order valence-corrected chi connectivity index (χ2v) is 16.6. The zero-order valence-electron chi connectivity index (χ0n) is 36.6. The Hall–Kier alpha value is -2.19. The molecule has 0 aliphatic heterocycles. The number of aliphatic carboxylic acids is 1. The summed E-state index contributed by atoms with van der Waals surface area (Å²) in [7, 11) is 5.41. The highest BCUT2D eigenvalue weighted by Gasteiger charge is 2.25. The van der Waals surface area contributed by atoms with Crippen LogP contribution >= 0.6 is 0 Å². The zero-order chi connectivity index (χ0) is 40.7. The lowest BCUT2D eigenvalue weighted by molar-refractivity contribution is -0.889. The fourth-order valence-corrected chi connectivity index (χ4v) is 6.75. The predicted molar refractivity (Wildman–Crippen MR) is 227 cm³/mol. The van der Waals surface area contributed by atoms with Crippen LogP contribution in [0, 0.1) is 0 Å². The van der Waals surface area contributed by atoms with Crippen LogP contribution in [0.4, 0.5) is 0 Å². The van der Waals surface area contributed by atoms with E-state index in [0.717, 1.165) is 44.9 Å². The maximum Gasteiger partial charge on any atom is 0.306 e. The second-order valence-electron chi connectivity index (χ2n) is 16.6. The molecule has 0 saturated carbocycles. The van der Waals surface area contributed by atoms with E-state index in [1.54, 1.807) is 21.1 Å². The molecule has 0 aliphatic rings. The number of carbonyl (C=O) groups is 3. The van der Waals surface area contributed by atoms with Crippen molar-refractivity contribution in [2.75, 3.05) is 41.0 Å². The lowest BCUT2D eigenvalue weighted by Gasteiger charge is -2.34. The summed E-state index contributed by atoms with van der Waals surface area (Å²) in [5.41, 5.74) is 0. The van der Waals surface area contributed by atoms with Crippen LogP contribution < -0.4 is 5.11 Å². The Morgan fingerprint density at radius 1 is 0.545 bits per heavy atom. The first kappa shape index (κ1) is 52.8. The van der Waals surface area contributed by atoms with Gasteiger partial charge in [0.25, 0.3) is 0 Å². The van der Waals surface area contributed by atoms with E-state index in [9.17, 15) is 19.5 Å². The van der Waals surface area contributed by atoms with Crippen molar-refractivity contribution in [1.29, 1.82) is 0 Å². The Morgan fingerprint density at radius 3 is 1.40 bits per heavy atom. The van der Waals surface area contributed by atoms with Gasteiger partial charge in [-0.1, -0.05) is 167 Å². The second kappa shape index (κ2) is 38.7. The summed E-state index contributed by atoms with van der Waals surface area (Å²) >= 11 is 0. The molecule has 0 spiro atoms. The molecule has 55 heavy (non-hydrogen) atoms. The minimum absolute atomic E-state index is 0.0436. The van der Waals surface area contributed by atoms with Gasteiger partial charge in [0.05, 0.1) is 40.3 Å². The van der Waals surface area contributed by atoms with Crippen molar-refractivity contribution in [1.82, 2.24) is 0 Å². The number of hydrogen-bond donors (Lipinski definition) is 0. The zero-order valence-corrected chi connectivity index (χ0v) is 36.6. The maximum atomic E-state index is 12.7. The predicted octanol–water partition coefficient (Wildman–Crippen LogP) is 11.1. The first-order chi connectivity index (χ1) is 26.6. The summed E-state index contributed by atoms with van der Waals surface area (Å²) < 4.78 is 17.1. The average molecular weight is 778 g/mol. The minimum atomic E-state index is -1.12. The van der Waals surface area contributed by atoms with Crippen molar-refractivity contribution in [2.24, 2.45) is 0 Å². The molecule has 0 fully saturated rings. The molecule has 322 valence electrons. The van der Waals surface area contributed by atoms with E-state index in [4.69, 9.17) is 14.2 Å². The Balaban J connectivity index is 4.16. The van der Waals surface area contributed by atoms with Gasteiger partial charge in [-0.25, -0.2) is 0 Å². The topological polar surface area (TPSA) is 102 Å². The average Bonchev–Trinajstić information content (AvgIpc) is 3.14. The van der Waals surface area contributed by atoms with E-state index in [0.29, 0.717) is 12.8 Å². The van der Waals surface area contributed by atoms with Crippen molar-refractivity contribution >= 4 is 17.9 Å². The normalized spacial score (nSPS) is 13.1. The van der Waals surface area contributed by atoms with Gasteiger partial charge >= 0.3 is 11.9 Å². The molecule has 0 amide bonds. The summed E-state index contributed by atoms with van der Waals surface area (Å²) in [5, 5.41) is 11.6. The smallest absolute Gasteiger partial charge is 0.306 e. The number of unbranched alkanes of at least 4 members (excludes halogenated alkanes) is 23. The number of likely N-dealkylation sites (N-methyl/N-ethyl adjacent to an activating group) is 1. The largest absolute Gasteiger partial charge is 0.544 e. The molecule has 8 nitrogen and oxygen atoms in total. The molecule has 0 aliphatic carbocycles. The van der Waals surface area contributed by atoms with Crippen LogP contribution in [0.25, 0.3) is 0 Å². The van der Waals surface area contributed by atoms with Crippen molar-refractivity contribution in [3.8, 4) is 0 Å². The summed E-state index contributed by atoms with van der Waals surface area (Å²) in [5.74, 6) is -1.73. The fourth-order valence-electron chi connectivity index (χ4n) is 6.75. The Labute approximate surface area is 339 Å². The van der Waals surface area contributed by atoms with Gasteiger partial charge in [0.15, 0.2) is 6.10 Å². The van der Waals surface area contributed by atoms with Crippen LogP contribution in [0.3, 0.4) is 0 Å². The number of ether oxygens (including phenoxy) is 3. The third kappa shape index (κ3) is 37.2. The highest BCUT2D eigenvalue weighted by Crippen LogP contribution is 2.15. The van der Waals surface area contributed by atoms with Gasteiger partial charge in [0, 0.05) is 19.3 Å². The van der Waals surface area contributed by atoms with Crippen molar-refractivity contribution in [3.63, 3.8) is 0 Å². The summed E-state index contributed by atoms with van der Waals surface area (Å²) in [4.78, 5) is 36.7. The van der Waals surface area contributed by atoms with Crippen molar-refractivity contribution in [2.45, 2.75) is 219 Å². The monoisotopic (exact) mass is 778 g/mol. The van der Waals surface area contributed by atoms with Gasteiger partial charge in [0.1, 0.15) is 12.6 Å². The van der Waals surface area contributed by atoms with Gasteiger partial charge in [-0.3, -0.25) is 9.59 Å². The number of hydrogen-bond acceptors (Lipinski definition) is 7. The highest BCUT2D eigenvalue weighted by atomic mass is 16.6. The number of esters is 2. The third-order valence-corrected chi connectivity index (χ3v) is 10.3. The van der Waals surface area contributed by atoms with Gasteiger partial charge in [-0.2, -0.15) is 0 Å². The Kier molecular flexibility index (Phi) is 37.1. The first-order valence-corrected chi connectivity index (χ1v) is 22.9. The lowest BCUT2D eigenvalue weighted by atomic mass is 10.0. The summed E-state index contributed by atoms with van der Waals surface area (Å²) in [6, 6.07) is -0.722. The van der Waals surface area contributed by atoms with Crippen LogP contribution in [0.2, 0.25) is 0 Å². The molecule has 0 heterocycles. The van der Waals surface area contributed by atoms with E-state index in [2.05, 4.69) is 38.2 Å². The molecule has 0 saturated heterocycles. The summed E-state index contributed by atoms with van der Waals surface area (Å²) in [6.45, 7) is 4.63. The van der Waals surface area contributed by atoms with Crippen LogP contribution in [-0.4, -0.2) is 75.5 Å². The number of carboxylic acid groups (broad SMARTS) is 1. The van der Waals surface area contributed by atoms with Gasteiger partial charge < -0.3 is 28.6 Å². The molecule has 0 bridgehead atoms. The quantitative estimate of drug-likeness (QED) is 0.0264. The Bertz CT molecular complexity index is 957. The number of carboxylic acids is 1. The molecule has 0 aromatic rings. The van der Waals surface area contributed by atoms with Crippen molar-refractivity contribution < 1.29 is 38.2 Å². The fraction of sp³-hybridized carbons (Fsp3) is 0.851. The lowest BCUT2D eigenvalue weighted by Crippen LogP contribution is -2.55. The first-order valence-electron chi connectivity index (χ1n) is 22.9. The number of rotatable bonds is 41. The molecular weight excluding hydrogens is 691 g/mol. The van der Waals surface area contributed by atoms with E-state index in [1.807, 2.05) is 0 Å². The molecule has 2 unspecified atom stereocenters. The van der Waals surface area contributed by atoms with E-state index in [1.165, 1.54) is 128 Å². The number of nitrogens with zero attached hydrogens (tertiary/aromatic N) is 1. The molecule has 2 atom stereocenters. The van der Waals surface area contributed by atoms with E-state index >= 15 is 0 Å². The van der Waals surface area contributed by atoms with Crippen LogP contribution in [0.15, 0.2) is 24.3 Å². The van der Waals surface area contributed by atoms with E-state index in [-0.39, 0.29) is 42.7 Å². The van der Waals surface area contributed by atoms with Crippen LogP contribution in [-0.2, 0) is 28.6 Å². The standard InChI is InChI=1S/C47H87NO7/c1-6-8-10-12-14-16-17-18-19-20-21-22-23-24-25-26-27-28-29-30-32-34-36-38-46(50)55-43(41-53-40-39-44(47(51)52)48(3,4)5)42-54-45(49)37-35-33-31-15-13-11-9-7-2/h17-18,20-21,43-44H,6-16,19,22-42H2,1-5H3/b18-17-,21-20-.